The van der Waals surface area contributed by atoms with Gasteiger partial charge in [0.25, 0.3) is 5.91 Å². The Labute approximate surface area is 150 Å². The quantitative estimate of drug-likeness (QED) is 0.749. The van der Waals surface area contributed by atoms with Crippen LogP contribution in [0.5, 0.6) is 0 Å². The molecule has 1 amide bonds. The summed E-state index contributed by atoms with van der Waals surface area (Å²) in [6, 6.07) is 15.4. The van der Waals surface area contributed by atoms with Gasteiger partial charge >= 0.3 is 6.18 Å². The standard InChI is InChI=1S/C19H21F3N2O2/c20-19(21,22)14-24(11-4-12-25)13-15-7-9-16(10-8-15)18(26)23-17-5-2-1-3-6-17/h1-3,5-10,25H,4,11-14H2,(H,23,26). The van der Waals surface area contributed by atoms with Crippen molar-refractivity contribution in [2.45, 2.75) is 19.1 Å². The van der Waals surface area contributed by atoms with Gasteiger partial charge in [-0.15, -0.1) is 0 Å². The fourth-order valence-electron chi connectivity index (χ4n) is 2.51. The number of amides is 1. The molecule has 0 fully saturated rings. The first-order valence-electron chi connectivity index (χ1n) is 8.23. The molecule has 0 spiro atoms. The fourth-order valence-corrected chi connectivity index (χ4v) is 2.51. The van der Waals surface area contributed by atoms with Gasteiger partial charge in [-0.1, -0.05) is 30.3 Å². The molecule has 4 nitrogen and oxygen atoms in total. The Hall–Kier alpha value is -2.38. The van der Waals surface area contributed by atoms with Crippen molar-refractivity contribution in [3.05, 3.63) is 65.7 Å². The average Bonchev–Trinajstić information content (AvgIpc) is 2.60. The third-order valence-corrected chi connectivity index (χ3v) is 3.69. The molecule has 0 aliphatic heterocycles. The molecule has 26 heavy (non-hydrogen) atoms. The van der Waals surface area contributed by atoms with Crippen LogP contribution in [-0.4, -0.2) is 41.8 Å². The molecule has 2 aromatic carbocycles. The molecule has 0 unspecified atom stereocenters. The Kier molecular flexibility index (Phi) is 7.17. The van der Waals surface area contributed by atoms with Crippen molar-refractivity contribution >= 4 is 11.6 Å². The number of aliphatic hydroxyl groups excluding tert-OH is 1. The Morgan fingerprint density at radius 1 is 1.04 bits per heavy atom. The number of halogens is 3. The van der Waals surface area contributed by atoms with Crippen molar-refractivity contribution in [2.75, 3.05) is 25.0 Å². The molecule has 0 heterocycles. The number of carbonyl (C=O) groups excluding carboxylic acids is 1. The first-order chi connectivity index (χ1) is 12.4. The molecule has 0 atom stereocenters. The maximum atomic E-state index is 12.7. The fraction of sp³-hybridized carbons (Fsp3) is 0.316. The summed E-state index contributed by atoms with van der Waals surface area (Å²) in [7, 11) is 0. The first kappa shape index (κ1) is 19.9. The van der Waals surface area contributed by atoms with Crippen molar-refractivity contribution in [1.82, 2.24) is 4.90 Å². The predicted octanol–water partition coefficient (Wildman–Crippen LogP) is 3.69. The monoisotopic (exact) mass is 366 g/mol. The second-order valence-electron chi connectivity index (χ2n) is 5.92. The molecule has 140 valence electrons. The molecule has 0 aromatic heterocycles. The minimum Gasteiger partial charge on any atom is -0.396 e. The van der Waals surface area contributed by atoms with E-state index in [0.717, 1.165) is 0 Å². The molecule has 0 saturated heterocycles. The number of aliphatic hydroxyl groups is 1. The average molecular weight is 366 g/mol. The van der Waals surface area contributed by atoms with E-state index in [-0.39, 0.29) is 32.0 Å². The second-order valence-corrected chi connectivity index (χ2v) is 5.92. The van der Waals surface area contributed by atoms with Crippen molar-refractivity contribution in [3.63, 3.8) is 0 Å². The molecule has 0 aliphatic carbocycles. The van der Waals surface area contributed by atoms with E-state index in [1.165, 1.54) is 4.90 Å². The zero-order chi connectivity index (χ0) is 19.0. The van der Waals surface area contributed by atoms with Gasteiger partial charge < -0.3 is 10.4 Å². The van der Waals surface area contributed by atoms with E-state index in [9.17, 15) is 18.0 Å². The van der Waals surface area contributed by atoms with Gasteiger partial charge in [0.15, 0.2) is 0 Å². The zero-order valence-corrected chi connectivity index (χ0v) is 14.2. The van der Waals surface area contributed by atoms with Crippen molar-refractivity contribution in [1.29, 1.82) is 0 Å². The van der Waals surface area contributed by atoms with Gasteiger partial charge in [-0.2, -0.15) is 13.2 Å². The summed E-state index contributed by atoms with van der Waals surface area (Å²) in [4.78, 5) is 13.4. The minimum absolute atomic E-state index is 0.0973. The van der Waals surface area contributed by atoms with Crippen LogP contribution in [0, 0.1) is 0 Å². The highest BCUT2D eigenvalue weighted by molar-refractivity contribution is 6.04. The van der Waals surface area contributed by atoms with E-state index in [2.05, 4.69) is 5.32 Å². The number of hydrogen-bond donors (Lipinski definition) is 2. The van der Waals surface area contributed by atoms with E-state index in [1.54, 1.807) is 48.5 Å². The SMILES string of the molecule is O=C(Nc1ccccc1)c1ccc(CN(CCCO)CC(F)(F)F)cc1. The van der Waals surface area contributed by atoms with Crippen LogP contribution in [0.25, 0.3) is 0 Å². The lowest BCUT2D eigenvalue weighted by atomic mass is 10.1. The number of alkyl halides is 3. The Morgan fingerprint density at radius 2 is 1.69 bits per heavy atom. The van der Waals surface area contributed by atoms with Crippen LogP contribution in [0.1, 0.15) is 22.3 Å². The molecule has 2 rings (SSSR count). The van der Waals surface area contributed by atoms with Crippen molar-refractivity contribution < 1.29 is 23.1 Å². The van der Waals surface area contributed by atoms with Crippen LogP contribution >= 0.6 is 0 Å². The van der Waals surface area contributed by atoms with Crippen LogP contribution in [-0.2, 0) is 6.54 Å². The van der Waals surface area contributed by atoms with E-state index < -0.39 is 12.7 Å². The topological polar surface area (TPSA) is 52.6 Å². The summed E-state index contributed by atoms with van der Waals surface area (Å²) in [5.74, 6) is -0.282. The van der Waals surface area contributed by atoms with E-state index >= 15 is 0 Å². The van der Waals surface area contributed by atoms with Crippen molar-refractivity contribution in [3.8, 4) is 0 Å². The lowest BCUT2D eigenvalue weighted by molar-refractivity contribution is -0.147. The largest absolute Gasteiger partial charge is 0.401 e. The van der Waals surface area contributed by atoms with Gasteiger partial charge in [0, 0.05) is 30.9 Å². The van der Waals surface area contributed by atoms with Gasteiger partial charge in [0.2, 0.25) is 0 Å². The molecule has 0 saturated carbocycles. The van der Waals surface area contributed by atoms with Gasteiger partial charge in [0.1, 0.15) is 0 Å². The van der Waals surface area contributed by atoms with Gasteiger partial charge in [0.05, 0.1) is 6.54 Å². The van der Waals surface area contributed by atoms with E-state index in [1.807, 2.05) is 6.07 Å². The number of nitrogens with zero attached hydrogens (tertiary/aromatic N) is 1. The molecular formula is C19H21F3N2O2. The number of nitrogens with one attached hydrogen (secondary N) is 1. The molecule has 0 aliphatic rings. The second kappa shape index (κ2) is 9.35. The zero-order valence-electron chi connectivity index (χ0n) is 14.2. The molecule has 0 radical (unpaired) electrons. The summed E-state index contributed by atoms with van der Waals surface area (Å²) in [6.45, 7) is -0.956. The van der Waals surface area contributed by atoms with Gasteiger partial charge in [-0.3, -0.25) is 9.69 Å². The van der Waals surface area contributed by atoms with Gasteiger partial charge in [-0.25, -0.2) is 0 Å². The number of hydrogen-bond acceptors (Lipinski definition) is 3. The Morgan fingerprint density at radius 3 is 2.27 bits per heavy atom. The normalized spacial score (nSPS) is 11.6. The number of rotatable bonds is 8. The highest BCUT2D eigenvalue weighted by Gasteiger charge is 2.30. The highest BCUT2D eigenvalue weighted by Crippen LogP contribution is 2.19. The van der Waals surface area contributed by atoms with Crippen LogP contribution in [0.3, 0.4) is 0 Å². The molecule has 7 heteroatoms. The summed E-state index contributed by atoms with van der Waals surface area (Å²) in [5.41, 5.74) is 1.76. The van der Waals surface area contributed by atoms with Gasteiger partial charge in [-0.05, 0) is 36.2 Å². The predicted molar refractivity (Wildman–Crippen MR) is 93.9 cm³/mol. The number of anilines is 1. The van der Waals surface area contributed by atoms with E-state index in [4.69, 9.17) is 5.11 Å². The van der Waals surface area contributed by atoms with Crippen LogP contribution in [0.2, 0.25) is 0 Å². The number of benzene rings is 2. The number of para-hydroxylation sites is 1. The summed E-state index contributed by atoms with van der Waals surface area (Å²) < 4.78 is 38.0. The maximum Gasteiger partial charge on any atom is 0.401 e. The smallest absolute Gasteiger partial charge is 0.396 e. The van der Waals surface area contributed by atoms with E-state index in [0.29, 0.717) is 16.8 Å². The molecular weight excluding hydrogens is 345 g/mol. The third-order valence-electron chi connectivity index (χ3n) is 3.69. The minimum atomic E-state index is -4.30. The Balaban J connectivity index is 1.99. The van der Waals surface area contributed by atoms with Crippen molar-refractivity contribution in [2.24, 2.45) is 0 Å². The lowest BCUT2D eigenvalue weighted by Gasteiger charge is -2.23. The highest BCUT2D eigenvalue weighted by atomic mass is 19.4. The summed E-state index contributed by atoms with van der Waals surface area (Å²) in [6.07, 6.45) is -4.03. The lowest BCUT2D eigenvalue weighted by Crippen LogP contribution is -2.34. The van der Waals surface area contributed by atoms with Crippen LogP contribution in [0.4, 0.5) is 18.9 Å². The molecule has 2 aromatic rings. The first-order valence-corrected chi connectivity index (χ1v) is 8.23. The maximum absolute atomic E-state index is 12.7. The Bertz CT molecular complexity index is 688. The summed E-state index contributed by atoms with van der Waals surface area (Å²) in [5, 5.41) is 11.6. The molecule has 0 bridgehead atoms. The molecule has 2 N–H and O–H groups in total. The third kappa shape index (κ3) is 6.85. The summed E-state index contributed by atoms with van der Waals surface area (Å²) >= 11 is 0. The van der Waals surface area contributed by atoms with Crippen LogP contribution < -0.4 is 5.32 Å². The van der Waals surface area contributed by atoms with Crippen LogP contribution in [0.15, 0.2) is 54.6 Å². The number of carbonyl (C=O) groups is 1.